The van der Waals surface area contributed by atoms with Crippen LogP contribution in [0.1, 0.15) is 50.4 Å². The van der Waals surface area contributed by atoms with Crippen molar-refractivity contribution in [3.63, 3.8) is 0 Å². The minimum atomic E-state index is -0.0141. The van der Waals surface area contributed by atoms with Crippen LogP contribution in [0.3, 0.4) is 0 Å². The summed E-state index contributed by atoms with van der Waals surface area (Å²) in [4.78, 5) is 0. The fraction of sp³-hybridized carbons (Fsp3) is 0.786. The van der Waals surface area contributed by atoms with Crippen LogP contribution in [0, 0.1) is 5.41 Å². The first-order chi connectivity index (χ1) is 8.59. The second-order valence-electron chi connectivity index (χ2n) is 5.82. The van der Waals surface area contributed by atoms with Crippen LogP contribution in [0.5, 0.6) is 0 Å². The summed E-state index contributed by atoms with van der Waals surface area (Å²) in [5, 5.41) is 17.4. The Kier molecular flexibility index (Phi) is 4.07. The van der Waals surface area contributed by atoms with Crippen molar-refractivity contribution < 1.29 is 5.11 Å². The van der Waals surface area contributed by atoms with E-state index in [1.807, 2.05) is 17.9 Å². The van der Waals surface area contributed by atoms with E-state index < -0.39 is 0 Å². The number of aliphatic hydroxyl groups excluding tert-OH is 1. The number of rotatable bonds is 5. The van der Waals surface area contributed by atoms with E-state index in [4.69, 9.17) is 0 Å². The predicted octanol–water partition coefficient (Wildman–Crippen LogP) is 1.80. The first kappa shape index (κ1) is 13.6. The molecule has 18 heavy (non-hydrogen) atoms. The lowest BCUT2D eigenvalue weighted by molar-refractivity contribution is 0.130. The number of hydrogen-bond donors (Lipinski definition) is 2. The topological polar surface area (TPSA) is 50.1 Å². The molecule has 1 aromatic rings. The molecule has 4 heteroatoms. The van der Waals surface area contributed by atoms with Crippen molar-refractivity contribution in [3.8, 4) is 0 Å². The normalized spacial score (nSPS) is 22.6. The van der Waals surface area contributed by atoms with Crippen LogP contribution in [0.2, 0.25) is 0 Å². The summed E-state index contributed by atoms with van der Waals surface area (Å²) in [6, 6.07) is 0.403. The summed E-state index contributed by atoms with van der Waals surface area (Å²) in [5.74, 6) is 0. The highest BCUT2D eigenvalue weighted by Crippen LogP contribution is 2.30. The Balaban J connectivity index is 2.03. The highest BCUT2D eigenvalue weighted by molar-refractivity contribution is 5.24. The largest absolute Gasteiger partial charge is 0.396 e. The number of nitrogens with zero attached hydrogens (tertiary/aromatic N) is 2. The first-order valence-corrected chi connectivity index (χ1v) is 6.94. The zero-order valence-electron chi connectivity index (χ0n) is 11.7. The highest BCUT2D eigenvalue weighted by atomic mass is 16.3. The van der Waals surface area contributed by atoms with E-state index in [2.05, 4.69) is 24.3 Å². The van der Waals surface area contributed by atoms with Gasteiger partial charge in [-0.2, -0.15) is 5.10 Å². The van der Waals surface area contributed by atoms with Crippen LogP contribution >= 0.6 is 0 Å². The van der Waals surface area contributed by atoms with Crippen molar-refractivity contribution in [1.29, 1.82) is 0 Å². The standard InChI is InChI=1S/C14H25N3O/c1-4-14(2,10-18)9-15-12-6-5-7-13-11(12)8-16-17(13)3/h8,12,15,18H,4-7,9-10H2,1-3H3. The maximum atomic E-state index is 9.46. The Morgan fingerprint density at radius 1 is 1.61 bits per heavy atom. The van der Waals surface area contributed by atoms with Crippen LogP contribution in [-0.4, -0.2) is 28.0 Å². The van der Waals surface area contributed by atoms with Crippen molar-refractivity contribution in [2.24, 2.45) is 12.5 Å². The van der Waals surface area contributed by atoms with E-state index in [-0.39, 0.29) is 12.0 Å². The second kappa shape index (κ2) is 5.41. The summed E-state index contributed by atoms with van der Waals surface area (Å²) >= 11 is 0. The van der Waals surface area contributed by atoms with Gasteiger partial charge in [0.25, 0.3) is 0 Å². The molecule has 0 fully saturated rings. The summed E-state index contributed by atoms with van der Waals surface area (Å²) in [6.07, 6.45) is 6.50. The van der Waals surface area contributed by atoms with Crippen molar-refractivity contribution in [2.45, 2.75) is 45.6 Å². The van der Waals surface area contributed by atoms with Gasteiger partial charge in [-0.05, 0) is 25.7 Å². The van der Waals surface area contributed by atoms with Gasteiger partial charge in [0.15, 0.2) is 0 Å². The molecule has 4 nitrogen and oxygen atoms in total. The van der Waals surface area contributed by atoms with E-state index in [0.29, 0.717) is 6.04 Å². The molecule has 2 rings (SSSR count). The molecule has 0 radical (unpaired) electrons. The molecule has 0 saturated heterocycles. The Labute approximate surface area is 109 Å². The van der Waals surface area contributed by atoms with Gasteiger partial charge in [-0.3, -0.25) is 4.68 Å². The molecule has 0 amide bonds. The fourth-order valence-electron chi connectivity index (χ4n) is 2.58. The van der Waals surface area contributed by atoms with Crippen LogP contribution in [-0.2, 0) is 13.5 Å². The minimum absolute atomic E-state index is 0.0141. The number of aromatic nitrogens is 2. The molecule has 2 unspecified atom stereocenters. The minimum Gasteiger partial charge on any atom is -0.396 e. The molecule has 1 aliphatic rings. The Hall–Kier alpha value is -0.870. The predicted molar refractivity (Wildman–Crippen MR) is 72.4 cm³/mol. The van der Waals surface area contributed by atoms with Crippen LogP contribution in [0.15, 0.2) is 6.20 Å². The lowest BCUT2D eigenvalue weighted by Gasteiger charge is -2.31. The van der Waals surface area contributed by atoms with Gasteiger partial charge in [0.2, 0.25) is 0 Å². The Morgan fingerprint density at radius 2 is 2.39 bits per heavy atom. The van der Waals surface area contributed by atoms with Crippen LogP contribution < -0.4 is 5.32 Å². The number of aryl methyl sites for hydroxylation is 1. The third-order valence-electron chi connectivity index (χ3n) is 4.39. The van der Waals surface area contributed by atoms with Crippen LogP contribution in [0.4, 0.5) is 0 Å². The molecule has 1 heterocycles. The molecule has 0 spiro atoms. The van der Waals surface area contributed by atoms with Crippen molar-refractivity contribution >= 4 is 0 Å². The maximum absolute atomic E-state index is 9.46. The van der Waals surface area contributed by atoms with Gasteiger partial charge >= 0.3 is 0 Å². The zero-order chi connectivity index (χ0) is 13.2. The zero-order valence-corrected chi connectivity index (χ0v) is 11.7. The molecule has 0 aromatic carbocycles. The third kappa shape index (κ3) is 2.59. The number of aliphatic hydroxyl groups is 1. The van der Waals surface area contributed by atoms with E-state index in [1.165, 1.54) is 24.1 Å². The number of nitrogens with one attached hydrogen (secondary N) is 1. The Morgan fingerprint density at radius 3 is 3.06 bits per heavy atom. The lowest BCUT2D eigenvalue weighted by atomic mass is 9.87. The van der Waals surface area contributed by atoms with E-state index in [0.717, 1.165) is 19.4 Å². The highest BCUT2D eigenvalue weighted by Gasteiger charge is 2.26. The van der Waals surface area contributed by atoms with Crippen molar-refractivity contribution in [3.05, 3.63) is 17.5 Å². The average Bonchev–Trinajstić information content (AvgIpc) is 2.78. The van der Waals surface area contributed by atoms with Gasteiger partial charge < -0.3 is 10.4 Å². The lowest BCUT2D eigenvalue weighted by Crippen LogP contribution is -2.37. The van der Waals surface area contributed by atoms with E-state index in [9.17, 15) is 5.11 Å². The smallest absolute Gasteiger partial charge is 0.0540 e. The summed E-state index contributed by atoms with van der Waals surface area (Å²) in [5.41, 5.74) is 2.70. The number of fused-ring (bicyclic) bond motifs is 1. The molecule has 1 aromatic heterocycles. The summed E-state index contributed by atoms with van der Waals surface area (Å²) in [7, 11) is 2.02. The van der Waals surface area contributed by atoms with E-state index in [1.54, 1.807) is 0 Å². The molecular formula is C14H25N3O. The molecule has 0 bridgehead atoms. The molecule has 102 valence electrons. The summed E-state index contributed by atoms with van der Waals surface area (Å²) in [6.45, 7) is 5.36. The van der Waals surface area contributed by atoms with Gasteiger partial charge in [-0.1, -0.05) is 13.8 Å². The van der Waals surface area contributed by atoms with Gasteiger partial charge in [-0.15, -0.1) is 0 Å². The second-order valence-corrected chi connectivity index (χ2v) is 5.82. The third-order valence-corrected chi connectivity index (χ3v) is 4.39. The molecule has 1 aliphatic carbocycles. The molecule has 0 aliphatic heterocycles. The number of hydrogen-bond acceptors (Lipinski definition) is 3. The monoisotopic (exact) mass is 251 g/mol. The molecule has 0 saturated carbocycles. The summed E-state index contributed by atoms with van der Waals surface area (Å²) < 4.78 is 1.99. The first-order valence-electron chi connectivity index (χ1n) is 6.94. The van der Waals surface area contributed by atoms with Gasteiger partial charge in [0.05, 0.1) is 6.20 Å². The van der Waals surface area contributed by atoms with Crippen molar-refractivity contribution in [2.75, 3.05) is 13.2 Å². The average molecular weight is 251 g/mol. The Bertz CT molecular complexity index is 396. The SMILES string of the molecule is CCC(C)(CO)CNC1CCCc2c1cnn2C. The van der Waals surface area contributed by atoms with Gasteiger partial charge in [0.1, 0.15) is 0 Å². The molecule has 2 atom stereocenters. The van der Waals surface area contributed by atoms with Gasteiger partial charge in [-0.25, -0.2) is 0 Å². The molecule has 2 N–H and O–H groups in total. The quantitative estimate of drug-likeness (QED) is 0.839. The van der Waals surface area contributed by atoms with E-state index >= 15 is 0 Å². The maximum Gasteiger partial charge on any atom is 0.0540 e. The van der Waals surface area contributed by atoms with Crippen molar-refractivity contribution in [1.82, 2.24) is 15.1 Å². The van der Waals surface area contributed by atoms with Gasteiger partial charge in [0, 0.05) is 42.9 Å². The molecular weight excluding hydrogens is 226 g/mol. The fourth-order valence-corrected chi connectivity index (χ4v) is 2.58. The van der Waals surface area contributed by atoms with Crippen LogP contribution in [0.25, 0.3) is 0 Å².